The summed E-state index contributed by atoms with van der Waals surface area (Å²) in [5.41, 5.74) is 0. The first-order valence-corrected chi connectivity index (χ1v) is 14.8. The summed E-state index contributed by atoms with van der Waals surface area (Å²) in [5, 5.41) is 9.57. The fourth-order valence-corrected chi connectivity index (χ4v) is 4.51. The first-order chi connectivity index (χ1) is 10.6. The zero-order valence-electron chi connectivity index (χ0n) is 17.3. The van der Waals surface area contributed by atoms with Crippen molar-refractivity contribution in [1.82, 2.24) is 0 Å². The lowest BCUT2D eigenvalue weighted by Crippen LogP contribution is -2.48. The first-order valence-electron chi connectivity index (χ1n) is 8.97. The van der Waals surface area contributed by atoms with Crippen molar-refractivity contribution in [3.05, 3.63) is 0 Å². The van der Waals surface area contributed by atoms with Crippen LogP contribution in [0.4, 0.5) is 0 Å². The Balaban J connectivity index is 2.82. The molecule has 1 rings (SSSR count). The predicted molar refractivity (Wildman–Crippen MR) is 104 cm³/mol. The smallest absolute Gasteiger partial charge is 0.192 e. The molecule has 3 atom stereocenters. The van der Waals surface area contributed by atoms with E-state index >= 15 is 0 Å². The van der Waals surface area contributed by atoms with Crippen LogP contribution >= 0.6 is 0 Å². The summed E-state index contributed by atoms with van der Waals surface area (Å²) in [6, 6.07) is 2.24. The first kappa shape index (κ1) is 21.8. The molecule has 1 fully saturated rings. The van der Waals surface area contributed by atoms with Crippen LogP contribution in [0.2, 0.25) is 36.3 Å². The van der Waals surface area contributed by atoms with Crippen LogP contribution in [0.15, 0.2) is 0 Å². The van der Waals surface area contributed by atoms with Gasteiger partial charge < -0.3 is 13.6 Å². The van der Waals surface area contributed by atoms with Crippen LogP contribution < -0.4 is 0 Å². The second-order valence-electron chi connectivity index (χ2n) is 10.0. The third-order valence-electron chi connectivity index (χ3n) is 6.01. The summed E-state index contributed by atoms with van der Waals surface area (Å²) in [7, 11) is -3.74. The Morgan fingerprint density at radius 3 is 1.92 bits per heavy atom. The van der Waals surface area contributed by atoms with Gasteiger partial charge >= 0.3 is 0 Å². The summed E-state index contributed by atoms with van der Waals surface area (Å²) < 4.78 is 18.8. The molecule has 1 saturated heterocycles. The van der Waals surface area contributed by atoms with Crippen LogP contribution in [0.5, 0.6) is 0 Å². The van der Waals surface area contributed by atoms with Crippen molar-refractivity contribution in [2.24, 2.45) is 0 Å². The van der Waals surface area contributed by atoms with E-state index < -0.39 is 16.6 Å². The predicted octanol–water partition coefficient (Wildman–Crippen LogP) is 5.08. The molecule has 0 aromatic rings. The standard InChI is InChI=1S/C18H37NO3Si2/c1-17(2,3)23(7,8)20-13-16-15(11-14(12-19)21-16)22-24(9,10)18(4,5)6/h14-16H,11,13H2,1-10H3/t14-,15+,16-/m1/s1. The van der Waals surface area contributed by atoms with Crippen molar-refractivity contribution in [3.8, 4) is 6.07 Å². The van der Waals surface area contributed by atoms with Gasteiger partial charge in [-0.1, -0.05) is 41.5 Å². The van der Waals surface area contributed by atoms with Gasteiger partial charge in [0, 0.05) is 6.42 Å². The van der Waals surface area contributed by atoms with Gasteiger partial charge in [0.2, 0.25) is 0 Å². The average molecular weight is 372 g/mol. The van der Waals surface area contributed by atoms with Crippen LogP contribution in [-0.4, -0.2) is 41.6 Å². The van der Waals surface area contributed by atoms with E-state index in [2.05, 4.69) is 73.8 Å². The van der Waals surface area contributed by atoms with Gasteiger partial charge in [-0.2, -0.15) is 5.26 Å². The minimum Gasteiger partial charge on any atom is -0.414 e. The fraction of sp³-hybridized carbons (Fsp3) is 0.944. The number of nitriles is 1. The van der Waals surface area contributed by atoms with E-state index in [0.29, 0.717) is 13.0 Å². The zero-order valence-corrected chi connectivity index (χ0v) is 19.3. The molecule has 0 amide bonds. The molecule has 140 valence electrons. The number of nitrogens with zero attached hydrogens (tertiary/aromatic N) is 1. The summed E-state index contributed by atoms with van der Waals surface area (Å²) in [6.07, 6.45) is 0.0835. The van der Waals surface area contributed by atoms with E-state index in [0.717, 1.165) is 0 Å². The highest BCUT2D eigenvalue weighted by Gasteiger charge is 2.46. The lowest BCUT2D eigenvalue weighted by atomic mass is 10.1. The SMILES string of the molecule is CC(C)(C)[Si](C)(C)OC[C@H]1O[C@@H](C#N)C[C@@H]1O[Si](C)(C)C(C)(C)C. The van der Waals surface area contributed by atoms with E-state index in [9.17, 15) is 5.26 Å². The van der Waals surface area contributed by atoms with Crippen molar-refractivity contribution in [3.63, 3.8) is 0 Å². The molecule has 0 N–H and O–H groups in total. The maximum atomic E-state index is 9.27. The highest BCUT2D eigenvalue weighted by atomic mass is 28.4. The van der Waals surface area contributed by atoms with Crippen LogP contribution in [0.3, 0.4) is 0 Å². The van der Waals surface area contributed by atoms with E-state index in [-0.39, 0.29) is 28.4 Å². The van der Waals surface area contributed by atoms with E-state index in [1.165, 1.54) is 0 Å². The Labute approximate surface area is 151 Å². The number of rotatable bonds is 5. The van der Waals surface area contributed by atoms with Gasteiger partial charge in [0.1, 0.15) is 12.2 Å². The number of ether oxygens (including phenoxy) is 1. The van der Waals surface area contributed by atoms with Crippen molar-refractivity contribution in [1.29, 1.82) is 5.26 Å². The Morgan fingerprint density at radius 2 is 1.50 bits per heavy atom. The van der Waals surface area contributed by atoms with Gasteiger partial charge in [-0.15, -0.1) is 0 Å². The molecule has 24 heavy (non-hydrogen) atoms. The van der Waals surface area contributed by atoms with Crippen molar-refractivity contribution in [2.75, 3.05) is 6.61 Å². The minimum atomic E-state index is -1.90. The normalized spacial score (nSPS) is 26.5. The molecular formula is C18H37NO3Si2. The van der Waals surface area contributed by atoms with Gasteiger partial charge in [-0.3, -0.25) is 0 Å². The molecule has 4 nitrogen and oxygen atoms in total. The molecule has 1 aliphatic heterocycles. The zero-order chi connectivity index (χ0) is 19.0. The molecule has 0 radical (unpaired) electrons. The molecule has 0 aromatic carbocycles. The Hall–Kier alpha value is -0.196. The molecule has 1 heterocycles. The fourth-order valence-electron chi connectivity index (χ4n) is 2.13. The molecule has 6 heteroatoms. The molecule has 0 unspecified atom stereocenters. The summed E-state index contributed by atoms with van der Waals surface area (Å²) in [5.74, 6) is 0. The van der Waals surface area contributed by atoms with E-state index in [1.54, 1.807) is 0 Å². The maximum Gasteiger partial charge on any atom is 0.192 e. The number of hydrogen-bond donors (Lipinski definition) is 0. The highest BCUT2D eigenvalue weighted by Crippen LogP contribution is 2.40. The van der Waals surface area contributed by atoms with Crippen molar-refractivity contribution >= 4 is 16.6 Å². The van der Waals surface area contributed by atoms with Crippen molar-refractivity contribution < 1.29 is 13.6 Å². The largest absolute Gasteiger partial charge is 0.414 e. The van der Waals surface area contributed by atoms with Crippen LogP contribution in [-0.2, 0) is 13.6 Å². The summed E-state index contributed by atoms with van der Waals surface area (Å²) >= 11 is 0. The average Bonchev–Trinajstić information content (AvgIpc) is 2.75. The van der Waals surface area contributed by atoms with Gasteiger partial charge in [0.05, 0.1) is 18.8 Å². The molecule has 0 spiro atoms. The van der Waals surface area contributed by atoms with Gasteiger partial charge in [0.25, 0.3) is 0 Å². The Bertz CT molecular complexity index is 472. The van der Waals surface area contributed by atoms with Crippen molar-refractivity contribution in [2.45, 2.75) is 103 Å². The van der Waals surface area contributed by atoms with E-state index in [4.69, 9.17) is 13.6 Å². The second kappa shape index (κ2) is 7.20. The Kier molecular flexibility index (Phi) is 6.55. The quantitative estimate of drug-likeness (QED) is 0.632. The topological polar surface area (TPSA) is 51.5 Å². The number of hydrogen-bond acceptors (Lipinski definition) is 4. The lowest BCUT2D eigenvalue weighted by molar-refractivity contribution is -0.00215. The minimum absolute atomic E-state index is 0.0414. The molecular weight excluding hydrogens is 334 g/mol. The van der Waals surface area contributed by atoms with Crippen LogP contribution in [0.25, 0.3) is 0 Å². The van der Waals surface area contributed by atoms with E-state index in [1.807, 2.05) is 0 Å². The highest BCUT2D eigenvalue weighted by molar-refractivity contribution is 6.74. The summed E-state index contributed by atoms with van der Waals surface area (Å²) in [4.78, 5) is 0. The van der Waals surface area contributed by atoms with Crippen LogP contribution in [0, 0.1) is 11.3 Å². The van der Waals surface area contributed by atoms with Gasteiger partial charge in [-0.05, 0) is 36.3 Å². The van der Waals surface area contributed by atoms with Gasteiger partial charge in [0.15, 0.2) is 16.6 Å². The maximum absolute atomic E-state index is 9.27. The Morgan fingerprint density at radius 1 is 1.00 bits per heavy atom. The molecule has 0 aromatic heterocycles. The monoisotopic (exact) mass is 371 g/mol. The van der Waals surface area contributed by atoms with Crippen LogP contribution in [0.1, 0.15) is 48.0 Å². The molecule has 0 bridgehead atoms. The summed E-state index contributed by atoms with van der Waals surface area (Å²) in [6.45, 7) is 22.9. The molecule has 1 aliphatic rings. The lowest BCUT2D eigenvalue weighted by Gasteiger charge is -2.40. The van der Waals surface area contributed by atoms with Gasteiger partial charge in [-0.25, -0.2) is 0 Å². The second-order valence-corrected chi connectivity index (χ2v) is 19.6. The molecule has 0 saturated carbocycles. The third-order valence-corrected chi connectivity index (χ3v) is 15.0. The third kappa shape index (κ3) is 5.15. The molecule has 0 aliphatic carbocycles.